The first-order valence-corrected chi connectivity index (χ1v) is 6.96. The van der Waals surface area contributed by atoms with E-state index in [0.29, 0.717) is 44.8 Å². The van der Waals surface area contributed by atoms with Crippen LogP contribution in [0.2, 0.25) is 0 Å². The van der Waals surface area contributed by atoms with Crippen LogP contribution >= 0.6 is 12.2 Å². The molecular weight excluding hydrogens is 278 g/mol. The highest BCUT2D eigenvalue weighted by Gasteiger charge is 2.42. The van der Waals surface area contributed by atoms with Crippen molar-refractivity contribution in [1.29, 1.82) is 0 Å². The lowest BCUT2D eigenvalue weighted by atomic mass is 9.79. The lowest BCUT2D eigenvalue weighted by Crippen LogP contribution is -2.52. The van der Waals surface area contributed by atoms with Crippen molar-refractivity contribution < 1.29 is 9.53 Å². The van der Waals surface area contributed by atoms with Gasteiger partial charge in [0.2, 0.25) is 5.91 Å². The molecule has 1 aromatic heterocycles. The summed E-state index contributed by atoms with van der Waals surface area (Å²) in [5.41, 5.74) is 5.00. The predicted molar refractivity (Wildman–Crippen MR) is 77.0 cm³/mol. The third-order valence-corrected chi connectivity index (χ3v) is 3.92. The van der Waals surface area contributed by atoms with Crippen LogP contribution in [-0.4, -0.2) is 45.4 Å². The lowest BCUT2D eigenvalue weighted by Gasteiger charge is -2.34. The topological polar surface area (TPSA) is 95.1 Å². The average molecular weight is 297 g/mol. The summed E-state index contributed by atoms with van der Waals surface area (Å²) in [6.45, 7) is 1.48. The van der Waals surface area contributed by atoms with Crippen molar-refractivity contribution in [2.75, 3.05) is 19.8 Å². The first kappa shape index (κ1) is 14.9. The van der Waals surface area contributed by atoms with Crippen molar-refractivity contribution >= 4 is 23.1 Å². The zero-order valence-electron chi connectivity index (χ0n) is 11.5. The van der Waals surface area contributed by atoms with Crippen LogP contribution in [0.25, 0.3) is 0 Å². The van der Waals surface area contributed by atoms with Gasteiger partial charge in [-0.3, -0.25) is 9.48 Å². The summed E-state index contributed by atoms with van der Waals surface area (Å²) < 4.78 is 6.91. The summed E-state index contributed by atoms with van der Waals surface area (Å²) in [6, 6.07) is 0. The van der Waals surface area contributed by atoms with Crippen LogP contribution in [0.1, 0.15) is 18.7 Å². The number of carbonyl (C=O) groups excluding carboxylic acids is 1. The Morgan fingerprint density at radius 2 is 2.30 bits per heavy atom. The molecule has 0 unspecified atom stereocenters. The maximum atomic E-state index is 12.4. The monoisotopic (exact) mass is 297 g/mol. The van der Waals surface area contributed by atoms with Crippen LogP contribution in [0, 0.1) is 5.41 Å². The Labute approximate surface area is 122 Å². The van der Waals surface area contributed by atoms with Crippen molar-refractivity contribution in [2.45, 2.75) is 19.3 Å². The SMILES string of the molecule is Cn1cnc(CCNC(=O)C2(C(N)=S)CCOCC2)n1. The molecule has 0 bridgehead atoms. The van der Waals surface area contributed by atoms with Crippen LogP contribution in [0.4, 0.5) is 0 Å². The molecule has 8 heteroatoms. The second-order valence-electron chi connectivity index (χ2n) is 4.90. The Hall–Kier alpha value is -1.54. The second-order valence-corrected chi connectivity index (χ2v) is 5.34. The van der Waals surface area contributed by atoms with Crippen LogP contribution in [-0.2, 0) is 23.0 Å². The van der Waals surface area contributed by atoms with E-state index in [1.807, 2.05) is 0 Å². The highest BCUT2D eigenvalue weighted by atomic mass is 32.1. The van der Waals surface area contributed by atoms with E-state index < -0.39 is 5.41 Å². The van der Waals surface area contributed by atoms with Gasteiger partial charge in [0, 0.05) is 33.2 Å². The molecule has 20 heavy (non-hydrogen) atoms. The number of thiocarbonyl (C=S) groups is 1. The van der Waals surface area contributed by atoms with E-state index >= 15 is 0 Å². The van der Waals surface area contributed by atoms with Crippen molar-refractivity contribution in [2.24, 2.45) is 18.2 Å². The van der Waals surface area contributed by atoms with E-state index in [1.54, 1.807) is 18.1 Å². The van der Waals surface area contributed by atoms with Gasteiger partial charge in [0.05, 0.1) is 4.99 Å². The number of rotatable bonds is 5. The predicted octanol–water partition coefficient (Wildman–Crippen LogP) is -0.443. The van der Waals surface area contributed by atoms with Gasteiger partial charge in [0.25, 0.3) is 0 Å². The standard InChI is InChI=1S/C12H19N5O2S/c1-17-8-15-9(16-17)2-5-14-11(18)12(10(13)20)3-6-19-7-4-12/h8H,2-7H2,1H3,(H2,13,20)(H,14,18). The molecule has 1 saturated heterocycles. The van der Waals surface area contributed by atoms with Gasteiger partial charge in [-0.1, -0.05) is 12.2 Å². The molecule has 3 N–H and O–H groups in total. The Morgan fingerprint density at radius 1 is 1.60 bits per heavy atom. The molecule has 0 aliphatic carbocycles. The van der Waals surface area contributed by atoms with E-state index in [4.69, 9.17) is 22.7 Å². The fourth-order valence-corrected chi connectivity index (χ4v) is 2.56. The van der Waals surface area contributed by atoms with Crippen molar-refractivity contribution in [1.82, 2.24) is 20.1 Å². The molecule has 0 saturated carbocycles. The van der Waals surface area contributed by atoms with E-state index in [0.717, 1.165) is 0 Å². The number of hydrogen-bond acceptors (Lipinski definition) is 5. The second kappa shape index (κ2) is 6.27. The van der Waals surface area contributed by atoms with Crippen molar-refractivity contribution in [3.63, 3.8) is 0 Å². The van der Waals surface area contributed by atoms with Crippen LogP contribution in [0.5, 0.6) is 0 Å². The first-order chi connectivity index (χ1) is 9.54. The Kier molecular flexibility index (Phi) is 4.66. The molecule has 2 rings (SSSR count). The molecule has 0 radical (unpaired) electrons. The lowest BCUT2D eigenvalue weighted by molar-refractivity contribution is -0.131. The number of amides is 1. The minimum atomic E-state index is -0.773. The van der Waals surface area contributed by atoms with Crippen molar-refractivity contribution in [3.05, 3.63) is 12.2 Å². The molecule has 1 aliphatic heterocycles. The molecule has 1 aliphatic rings. The summed E-state index contributed by atoms with van der Waals surface area (Å²) in [5.74, 6) is 0.577. The quantitative estimate of drug-likeness (QED) is 0.715. The minimum Gasteiger partial charge on any atom is -0.392 e. The molecular formula is C12H19N5O2S. The number of nitrogens with one attached hydrogen (secondary N) is 1. The van der Waals surface area contributed by atoms with Crippen LogP contribution < -0.4 is 11.1 Å². The smallest absolute Gasteiger partial charge is 0.233 e. The molecule has 1 aromatic rings. The Bertz CT molecular complexity index is 496. The number of ether oxygens (including phenoxy) is 1. The minimum absolute atomic E-state index is 0.121. The summed E-state index contributed by atoms with van der Waals surface area (Å²) in [6.07, 6.45) is 3.29. The van der Waals surface area contributed by atoms with E-state index in [1.165, 1.54) is 0 Å². The number of aryl methyl sites for hydroxylation is 1. The van der Waals surface area contributed by atoms with Crippen LogP contribution in [0.15, 0.2) is 6.33 Å². The summed E-state index contributed by atoms with van der Waals surface area (Å²) >= 11 is 5.08. The van der Waals surface area contributed by atoms with Gasteiger partial charge in [-0.15, -0.1) is 0 Å². The third-order valence-electron chi connectivity index (χ3n) is 3.53. The van der Waals surface area contributed by atoms with E-state index in [2.05, 4.69) is 15.4 Å². The molecule has 2 heterocycles. The molecule has 1 fully saturated rings. The van der Waals surface area contributed by atoms with Gasteiger partial charge in [0.15, 0.2) is 5.82 Å². The molecule has 0 aromatic carbocycles. The zero-order chi connectivity index (χ0) is 14.6. The highest BCUT2D eigenvalue weighted by molar-refractivity contribution is 7.80. The van der Waals surface area contributed by atoms with E-state index in [9.17, 15) is 4.79 Å². The first-order valence-electron chi connectivity index (χ1n) is 6.55. The van der Waals surface area contributed by atoms with Gasteiger partial charge >= 0.3 is 0 Å². The zero-order valence-corrected chi connectivity index (χ0v) is 12.3. The Balaban J connectivity index is 1.90. The number of carbonyl (C=O) groups is 1. The summed E-state index contributed by atoms with van der Waals surface area (Å²) in [4.78, 5) is 16.7. The summed E-state index contributed by atoms with van der Waals surface area (Å²) in [7, 11) is 1.80. The van der Waals surface area contributed by atoms with Crippen molar-refractivity contribution in [3.8, 4) is 0 Å². The van der Waals surface area contributed by atoms with Crippen LogP contribution in [0.3, 0.4) is 0 Å². The third kappa shape index (κ3) is 3.13. The maximum Gasteiger partial charge on any atom is 0.233 e. The number of aromatic nitrogens is 3. The molecule has 7 nitrogen and oxygen atoms in total. The maximum absolute atomic E-state index is 12.4. The fraction of sp³-hybridized carbons (Fsp3) is 0.667. The number of hydrogen-bond donors (Lipinski definition) is 2. The molecule has 0 spiro atoms. The van der Waals surface area contributed by atoms with Gasteiger partial charge in [0.1, 0.15) is 11.7 Å². The molecule has 0 atom stereocenters. The number of nitrogens with zero attached hydrogens (tertiary/aromatic N) is 3. The average Bonchev–Trinajstić information content (AvgIpc) is 2.85. The molecule has 1 amide bonds. The highest BCUT2D eigenvalue weighted by Crippen LogP contribution is 2.31. The van der Waals surface area contributed by atoms with Gasteiger partial charge < -0.3 is 15.8 Å². The van der Waals surface area contributed by atoms with Gasteiger partial charge in [-0.2, -0.15) is 5.10 Å². The largest absolute Gasteiger partial charge is 0.392 e. The number of nitrogens with two attached hydrogens (primary N) is 1. The Morgan fingerprint density at radius 3 is 2.85 bits per heavy atom. The van der Waals surface area contributed by atoms with Gasteiger partial charge in [-0.25, -0.2) is 4.98 Å². The van der Waals surface area contributed by atoms with Gasteiger partial charge in [-0.05, 0) is 12.8 Å². The fourth-order valence-electron chi connectivity index (χ4n) is 2.26. The summed E-state index contributed by atoms with van der Waals surface area (Å²) in [5, 5.41) is 7.04. The molecule has 110 valence electrons. The van der Waals surface area contributed by atoms with E-state index in [-0.39, 0.29) is 10.9 Å². The normalized spacial score (nSPS) is 17.6.